The molecule has 0 saturated heterocycles. The fourth-order valence-corrected chi connectivity index (χ4v) is 6.87. The van der Waals surface area contributed by atoms with Crippen LogP contribution < -0.4 is 0 Å². The van der Waals surface area contributed by atoms with Crippen LogP contribution in [0.15, 0.2) is 72.9 Å². The maximum Gasteiger partial charge on any atom is 0.306 e. The highest BCUT2D eigenvalue weighted by atomic mass is 16.6. The highest BCUT2D eigenvalue weighted by molar-refractivity contribution is 5.71. The van der Waals surface area contributed by atoms with Gasteiger partial charge in [-0.05, 0) is 89.9 Å². The van der Waals surface area contributed by atoms with Gasteiger partial charge in [0.1, 0.15) is 13.2 Å². The second-order valence-electron chi connectivity index (χ2n) is 16.7. The molecule has 6 heteroatoms. The summed E-state index contributed by atoms with van der Waals surface area (Å²) in [5.74, 6) is -0.930. The Bertz CT molecular complexity index is 1160. The van der Waals surface area contributed by atoms with Crippen molar-refractivity contribution < 1.29 is 28.6 Å². The molecule has 0 amide bonds. The molecule has 61 heavy (non-hydrogen) atoms. The highest BCUT2D eigenvalue weighted by Gasteiger charge is 2.19. The van der Waals surface area contributed by atoms with Crippen LogP contribution in [0.25, 0.3) is 0 Å². The predicted molar refractivity (Wildman–Crippen MR) is 261 cm³/mol. The van der Waals surface area contributed by atoms with Gasteiger partial charge in [-0.2, -0.15) is 0 Å². The molecule has 0 aliphatic carbocycles. The molecule has 0 rings (SSSR count). The van der Waals surface area contributed by atoms with E-state index in [9.17, 15) is 14.4 Å². The first kappa shape index (κ1) is 57.9. The number of esters is 3. The fourth-order valence-electron chi connectivity index (χ4n) is 6.87. The Hall–Kier alpha value is -3.15. The lowest BCUT2D eigenvalue weighted by Crippen LogP contribution is -2.30. The maximum absolute atomic E-state index is 12.8. The van der Waals surface area contributed by atoms with Crippen LogP contribution in [0.4, 0.5) is 0 Å². The van der Waals surface area contributed by atoms with Gasteiger partial charge in [0.05, 0.1) is 0 Å². The number of carbonyl (C=O) groups is 3. The van der Waals surface area contributed by atoms with Gasteiger partial charge >= 0.3 is 17.9 Å². The molecule has 0 fully saturated rings. The molecule has 0 N–H and O–H groups in total. The van der Waals surface area contributed by atoms with Crippen LogP contribution in [0, 0.1) is 0 Å². The molecule has 6 nitrogen and oxygen atoms in total. The van der Waals surface area contributed by atoms with Crippen LogP contribution in [-0.2, 0) is 28.6 Å². The van der Waals surface area contributed by atoms with E-state index in [4.69, 9.17) is 14.2 Å². The molecule has 0 bridgehead atoms. The third-order valence-corrected chi connectivity index (χ3v) is 10.7. The quantitative estimate of drug-likeness (QED) is 0.0263. The second-order valence-corrected chi connectivity index (χ2v) is 16.7. The van der Waals surface area contributed by atoms with Gasteiger partial charge in [-0.1, -0.05) is 203 Å². The van der Waals surface area contributed by atoms with Crippen LogP contribution in [0.3, 0.4) is 0 Å². The molecule has 350 valence electrons. The van der Waals surface area contributed by atoms with Crippen molar-refractivity contribution in [3.05, 3.63) is 72.9 Å². The van der Waals surface area contributed by atoms with Crippen LogP contribution >= 0.6 is 0 Å². The van der Waals surface area contributed by atoms with Crippen molar-refractivity contribution in [2.24, 2.45) is 0 Å². The highest BCUT2D eigenvalue weighted by Crippen LogP contribution is 2.14. The van der Waals surface area contributed by atoms with Crippen molar-refractivity contribution in [1.82, 2.24) is 0 Å². The number of carbonyl (C=O) groups excluding carboxylic acids is 3. The monoisotopic (exact) mass is 851 g/mol. The summed E-state index contributed by atoms with van der Waals surface area (Å²) in [6, 6.07) is 0. The number of ether oxygens (including phenoxy) is 3. The molecular formula is C55H94O6. The van der Waals surface area contributed by atoms with Gasteiger partial charge in [-0.15, -0.1) is 0 Å². The summed E-state index contributed by atoms with van der Waals surface area (Å²) in [4.78, 5) is 37.9. The SMILES string of the molecule is CC/C=C\C/C=C\C/C=C\C/C=C\C/C=C\CCCCCC(=O)OC[C@@H](COC(=O)CCCCCCCCCCCCC)OC(=O)CCCCCCC/C=C\CCCCCC. The summed E-state index contributed by atoms with van der Waals surface area (Å²) in [6.07, 6.45) is 61.7. The van der Waals surface area contributed by atoms with E-state index in [0.717, 1.165) is 109 Å². The summed E-state index contributed by atoms with van der Waals surface area (Å²) in [5.41, 5.74) is 0. The molecule has 0 aromatic carbocycles. The lowest BCUT2D eigenvalue weighted by molar-refractivity contribution is -0.167. The van der Waals surface area contributed by atoms with E-state index < -0.39 is 6.10 Å². The number of hydrogen-bond acceptors (Lipinski definition) is 6. The normalized spacial score (nSPS) is 12.6. The molecular weight excluding hydrogens is 757 g/mol. The van der Waals surface area contributed by atoms with Crippen LogP contribution in [0.5, 0.6) is 0 Å². The van der Waals surface area contributed by atoms with Gasteiger partial charge in [-0.25, -0.2) is 0 Å². The smallest absolute Gasteiger partial charge is 0.306 e. The van der Waals surface area contributed by atoms with Crippen molar-refractivity contribution in [1.29, 1.82) is 0 Å². The van der Waals surface area contributed by atoms with E-state index >= 15 is 0 Å². The summed E-state index contributed by atoms with van der Waals surface area (Å²) >= 11 is 0. The van der Waals surface area contributed by atoms with Gasteiger partial charge in [0.15, 0.2) is 6.10 Å². The zero-order valence-electron chi connectivity index (χ0n) is 39.9. The minimum absolute atomic E-state index is 0.0880. The van der Waals surface area contributed by atoms with Crippen LogP contribution in [0.1, 0.15) is 239 Å². The lowest BCUT2D eigenvalue weighted by Gasteiger charge is -2.18. The van der Waals surface area contributed by atoms with Gasteiger partial charge in [0.2, 0.25) is 0 Å². The number of rotatable bonds is 45. The van der Waals surface area contributed by atoms with Gasteiger partial charge in [0.25, 0.3) is 0 Å². The average molecular weight is 851 g/mol. The molecule has 0 saturated carbocycles. The Kier molecular flexibility index (Phi) is 46.9. The van der Waals surface area contributed by atoms with E-state index in [1.165, 1.54) is 89.9 Å². The number of unbranched alkanes of at least 4 members (excludes halogenated alkanes) is 22. The summed E-state index contributed by atoms with van der Waals surface area (Å²) in [6.45, 7) is 6.46. The minimum atomic E-state index is -0.790. The van der Waals surface area contributed by atoms with Crippen molar-refractivity contribution in [2.45, 2.75) is 245 Å². The molecule has 1 atom stereocenters. The van der Waals surface area contributed by atoms with E-state index in [2.05, 4.69) is 93.7 Å². The van der Waals surface area contributed by atoms with E-state index in [-0.39, 0.29) is 31.1 Å². The second kappa shape index (κ2) is 49.5. The molecule has 0 heterocycles. The van der Waals surface area contributed by atoms with E-state index in [1.54, 1.807) is 0 Å². The Morgan fingerprint density at radius 2 is 0.639 bits per heavy atom. The predicted octanol–water partition coefficient (Wildman–Crippen LogP) is 16.6. The summed E-state index contributed by atoms with van der Waals surface area (Å²) in [7, 11) is 0. The third kappa shape index (κ3) is 47.7. The average Bonchev–Trinajstić information content (AvgIpc) is 3.26. The molecule has 0 spiro atoms. The van der Waals surface area contributed by atoms with Crippen molar-refractivity contribution in [3.63, 3.8) is 0 Å². The van der Waals surface area contributed by atoms with E-state index in [0.29, 0.717) is 19.3 Å². The van der Waals surface area contributed by atoms with Crippen molar-refractivity contribution >= 4 is 17.9 Å². The topological polar surface area (TPSA) is 78.9 Å². The standard InChI is InChI=1S/C55H94O6/c1-4-7-10-13-16-19-22-24-25-26-27-28-29-31-33-36-39-42-45-48-54(57)60-51-52(50-59-53(56)47-44-41-38-35-32-21-18-15-12-9-6-3)61-55(58)49-46-43-40-37-34-30-23-20-17-14-11-8-5-2/h7,10,16,19-20,23-25,27-28,31,33,52H,4-6,8-9,11-15,17-18,21-22,26,29-30,32,34-51H2,1-3H3/b10-7-,19-16-,23-20-,25-24-,28-27-,33-31-/t52-/m1/s1. The Labute approximate surface area is 376 Å². The first-order chi connectivity index (χ1) is 30.0. The largest absolute Gasteiger partial charge is 0.462 e. The molecule has 0 aliphatic rings. The third-order valence-electron chi connectivity index (χ3n) is 10.7. The fraction of sp³-hybridized carbons (Fsp3) is 0.727. The lowest BCUT2D eigenvalue weighted by atomic mass is 10.1. The van der Waals surface area contributed by atoms with Crippen molar-refractivity contribution in [3.8, 4) is 0 Å². The molecule has 0 unspecified atom stereocenters. The molecule has 0 aromatic rings. The molecule has 0 aliphatic heterocycles. The van der Waals surface area contributed by atoms with Crippen LogP contribution in [0.2, 0.25) is 0 Å². The maximum atomic E-state index is 12.8. The van der Waals surface area contributed by atoms with Crippen LogP contribution in [-0.4, -0.2) is 37.2 Å². The van der Waals surface area contributed by atoms with Gasteiger partial charge in [-0.3, -0.25) is 14.4 Å². The number of hydrogen-bond donors (Lipinski definition) is 0. The zero-order chi connectivity index (χ0) is 44.4. The zero-order valence-corrected chi connectivity index (χ0v) is 39.9. The van der Waals surface area contributed by atoms with Gasteiger partial charge < -0.3 is 14.2 Å². The first-order valence-electron chi connectivity index (χ1n) is 25.4. The summed E-state index contributed by atoms with van der Waals surface area (Å²) in [5, 5.41) is 0. The number of allylic oxidation sites excluding steroid dienone is 12. The molecule has 0 aromatic heterocycles. The first-order valence-corrected chi connectivity index (χ1v) is 25.4. The van der Waals surface area contributed by atoms with Gasteiger partial charge in [0, 0.05) is 19.3 Å². The Morgan fingerprint density at radius 1 is 0.344 bits per heavy atom. The van der Waals surface area contributed by atoms with E-state index in [1.807, 2.05) is 0 Å². The minimum Gasteiger partial charge on any atom is -0.462 e. The summed E-state index contributed by atoms with van der Waals surface area (Å²) < 4.78 is 16.7. The Balaban J connectivity index is 4.42. The van der Waals surface area contributed by atoms with Crippen molar-refractivity contribution in [2.75, 3.05) is 13.2 Å². The molecule has 0 radical (unpaired) electrons. The Morgan fingerprint density at radius 3 is 1.05 bits per heavy atom.